The summed E-state index contributed by atoms with van der Waals surface area (Å²) in [7, 11) is 0. The molecule has 2 atom stereocenters. The lowest BCUT2D eigenvalue weighted by atomic mass is 10.1. The van der Waals surface area contributed by atoms with Crippen LogP contribution in [-0.4, -0.2) is 28.1 Å². The van der Waals surface area contributed by atoms with Gasteiger partial charge in [0.25, 0.3) is 0 Å². The summed E-state index contributed by atoms with van der Waals surface area (Å²) in [4.78, 5) is 20.2. The van der Waals surface area contributed by atoms with Crippen molar-refractivity contribution in [3.05, 3.63) is 59.4 Å². The van der Waals surface area contributed by atoms with Crippen LogP contribution in [0.4, 0.5) is 9.18 Å². The molecule has 1 aliphatic heterocycles. The average molecular weight is 322 g/mol. The maximum absolute atomic E-state index is 12.9. The highest BCUT2D eigenvalue weighted by atomic mass is 19.1. The van der Waals surface area contributed by atoms with Gasteiger partial charge in [0.2, 0.25) is 0 Å². The number of nitrogens with one attached hydrogen (secondary N) is 2. The van der Waals surface area contributed by atoms with Gasteiger partial charge in [-0.15, -0.1) is 0 Å². The summed E-state index contributed by atoms with van der Waals surface area (Å²) in [6, 6.07) is 8.01. The molecule has 2 heterocycles. The highest BCUT2D eigenvalue weighted by Crippen LogP contribution is 2.34. The molecule has 0 spiro atoms. The number of rotatable bonds is 1. The minimum Gasteiger partial charge on any atom is -0.333 e. The van der Waals surface area contributed by atoms with Crippen molar-refractivity contribution in [2.45, 2.75) is 30.8 Å². The molecule has 24 heavy (non-hydrogen) atoms. The van der Waals surface area contributed by atoms with E-state index in [0.717, 1.165) is 24.2 Å². The van der Waals surface area contributed by atoms with Crippen LogP contribution in [0.2, 0.25) is 0 Å². The van der Waals surface area contributed by atoms with Gasteiger partial charge in [-0.1, -0.05) is 5.92 Å². The zero-order valence-corrected chi connectivity index (χ0v) is 12.8. The van der Waals surface area contributed by atoms with Gasteiger partial charge in [0.05, 0.1) is 12.1 Å². The molecule has 1 saturated heterocycles. The molecule has 0 radical (unpaired) electrons. The highest BCUT2D eigenvalue weighted by molar-refractivity contribution is 5.77. The molecule has 4 rings (SSSR count). The van der Waals surface area contributed by atoms with Crippen LogP contribution in [0.25, 0.3) is 0 Å². The highest BCUT2D eigenvalue weighted by Gasteiger charge is 2.42. The molecule has 2 aliphatic rings. The second-order valence-electron chi connectivity index (χ2n) is 6.06. The van der Waals surface area contributed by atoms with Crippen LogP contribution in [0.1, 0.15) is 35.8 Å². The Morgan fingerprint density at radius 2 is 1.75 bits per heavy atom. The first kappa shape index (κ1) is 14.6. The summed E-state index contributed by atoms with van der Waals surface area (Å²) in [6.07, 6.45) is 3.37. The number of aromatic nitrogens is 2. The molecular weight excluding hydrogens is 307 g/mol. The van der Waals surface area contributed by atoms with Gasteiger partial charge in [-0.3, -0.25) is 0 Å². The zero-order chi connectivity index (χ0) is 16.5. The Labute approximate surface area is 138 Å². The molecule has 1 aromatic carbocycles. The summed E-state index contributed by atoms with van der Waals surface area (Å²) < 4.78 is 12.9. The van der Waals surface area contributed by atoms with Crippen LogP contribution >= 0.6 is 0 Å². The third-order valence-corrected chi connectivity index (χ3v) is 4.41. The maximum atomic E-state index is 12.9. The fourth-order valence-electron chi connectivity index (χ4n) is 3.26. The van der Waals surface area contributed by atoms with Gasteiger partial charge in [-0.05, 0) is 49.1 Å². The average Bonchev–Trinajstić information content (AvgIpc) is 3.12. The lowest BCUT2D eigenvalue weighted by Gasteiger charge is -2.09. The number of urea groups is 1. The van der Waals surface area contributed by atoms with E-state index in [-0.39, 0.29) is 29.8 Å². The predicted molar refractivity (Wildman–Crippen MR) is 85.6 cm³/mol. The lowest BCUT2D eigenvalue weighted by molar-refractivity contribution is 0.246. The van der Waals surface area contributed by atoms with E-state index < -0.39 is 0 Å². The number of nitrogens with zero attached hydrogens (tertiary/aromatic N) is 2. The summed E-state index contributed by atoms with van der Waals surface area (Å²) >= 11 is 0. The molecule has 2 fully saturated rings. The second kappa shape index (κ2) is 5.93. The largest absolute Gasteiger partial charge is 0.333 e. The summed E-state index contributed by atoms with van der Waals surface area (Å²) in [6.45, 7) is 0. The number of benzene rings is 1. The number of carbonyl (C=O) groups excluding carboxylic acids is 1. The number of carbonyl (C=O) groups is 1. The first-order valence-corrected chi connectivity index (χ1v) is 7.85. The van der Waals surface area contributed by atoms with E-state index in [4.69, 9.17) is 0 Å². The Kier molecular flexibility index (Phi) is 3.62. The Hall–Kier alpha value is -2.94. The number of amides is 2. The van der Waals surface area contributed by atoms with Crippen LogP contribution in [0.5, 0.6) is 0 Å². The van der Waals surface area contributed by atoms with E-state index in [1.807, 2.05) is 0 Å². The van der Waals surface area contributed by atoms with Crippen molar-refractivity contribution >= 4 is 6.03 Å². The first-order valence-electron chi connectivity index (χ1n) is 7.85. The van der Waals surface area contributed by atoms with E-state index in [1.54, 1.807) is 24.4 Å². The predicted octanol–water partition coefficient (Wildman–Crippen LogP) is 1.94. The van der Waals surface area contributed by atoms with Gasteiger partial charge in [0.15, 0.2) is 0 Å². The summed E-state index contributed by atoms with van der Waals surface area (Å²) in [5.74, 6) is 6.65. The van der Waals surface area contributed by atoms with Crippen molar-refractivity contribution < 1.29 is 9.18 Å². The van der Waals surface area contributed by atoms with E-state index in [0.29, 0.717) is 5.69 Å². The quantitative estimate of drug-likeness (QED) is 0.789. The topological polar surface area (TPSA) is 66.9 Å². The fourth-order valence-corrected chi connectivity index (χ4v) is 3.26. The van der Waals surface area contributed by atoms with Crippen molar-refractivity contribution in [2.75, 3.05) is 0 Å². The molecular formula is C18H15FN4O. The van der Waals surface area contributed by atoms with Crippen molar-refractivity contribution in [1.82, 2.24) is 20.6 Å². The smallest absolute Gasteiger partial charge is 0.315 e. The lowest BCUT2D eigenvalue weighted by Crippen LogP contribution is -2.26. The minimum atomic E-state index is -0.280. The Morgan fingerprint density at radius 1 is 1.04 bits per heavy atom. The van der Waals surface area contributed by atoms with Crippen LogP contribution in [0, 0.1) is 17.7 Å². The second-order valence-corrected chi connectivity index (χ2v) is 6.06. The van der Waals surface area contributed by atoms with Crippen LogP contribution in [0.15, 0.2) is 36.5 Å². The fraction of sp³-hybridized carbons (Fsp3) is 0.278. The first-order chi connectivity index (χ1) is 11.7. The molecule has 2 unspecified atom stereocenters. The molecule has 2 N–H and O–H groups in total. The van der Waals surface area contributed by atoms with Gasteiger partial charge >= 0.3 is 6.03 Å². The molecule has 2 aromatic rings. The van der Waals surface area contributed by atoms with Crippen molar-refractivity contribution in [2.24, 2.45) is 0 Å². The van der Waals surface area contributed by atoms with Crippen molar-refractivity contribution in [1.29, 1.82) is 0 Å². The monoisotopic (exact) mass is 322 g/mol. The third-order valence-electron chi connectivity index (χ3n) is 4.41. The van der Waals surface area contributed by atoms with E-state index in [1.165, 1.54) is 12.1 Å². The molecule has 0 bridgehead atoms. The molecule has 1 aliphatic carbocycles. The Balaban J connectivity index is 1.51. The maximum Gasteiger partial charge on any atom is 0.315 e. The molecule has 5 nitrogen and oxygen atoms in total. The van der Waals surface area contributed by atoms with Gasteiger partial charge in [-0.25, -0.2) is 19.2 Å². The number of hydrogen-bond donors (Lipinski definition) is 2. The summed E-state index contributed by atoms with van der Waals surface area (Å²) in [5, 5.41) is 5.83. The zero-order valence-electron chi connectivity index (χ0n) is 12.8. The molecule has 6 heteroatoms. The summed E-state index contributed by atoms with van der Waals surface area (Å²) in [5.41, 5.74) is 1.37. The number of halogens is 1. The van der Waals surface area contributed by atoms with Crippen LogP contribution < -0.4 is 10.6 Å². The van der Waals surface area contributed by atoms with E-state index in [9.17, 15) is 9.18 Å². The third kappa shape index (κ3) is 2.93. The molecule has 1 saturated carbocycles. The van der Waals surface area contributed by atoms with Crippen molar-refractivity contribution in [3.8, 4) is 11.8 Å². The number of fused-ring (bicyclic) bond motifs is 1. The van der Waals surface area contributed by atoms with Gasteiger partial charge < -0.3 is 10.6 Å². The normalized spacial score (nSPS) is 24.5. The van der Waals surface area contributed by atoms with Gasteiger partial charge in [0, 0.05) is 17.7 Å². The standard InChI is InChI=1S/C18H15FN4O/c19-13-4-1-11(2-5-13)3-6-14-7-8-20-17(21-14)12-9-15-16(10-12)23-18(24)22-15/h1-2,4-5,7-8,12,15-16H,9-10H2,(H2,22,23,24). The molecule has 120 valence electrons. The van der Waals surface area contributed by atoms with E-state index in [2.05, 4.69) is 32.4 Å². The van der Waals surface area contributed by atoms with Crippen molar-refractivity contribution in [3.63, 3.8) is 0 Å². The van der Waals surface area contributed by atoms with Crippen LogP contribution in [-0.2, 0) is 0 Å². The van der Waals surface area contributed by atoms with Gasteiger partial charge in [0.1, 0.15) is 17.3 Å². The SMILES string of the molecule is O=C1NC2CC(c3nccc(C#Cc4ccc(F)cc4)n3)CC2N1. The Morgan fingerprint density at radius 3 is 2.46 bits per heavy atom. The molecule has 2 amide bonds. The Bertz CT molecular complexity index is 824. The van der Waals surface area contributed by atoms with Crippen LogP contribution in [0.3, 0.4) is 0 Å². The van der Waals surface area contributed by atoms with Gasteiger partial charge in [-0.2, -0.15) is 0 Å². The molecule has 1 aromatic heterocycles. The van der Waals surface area contributed by atoms with E-state index >= 15 is 0 Å². The minimum absolute atomic E-state index is 0.0942. The number of hydrogen-bond acceptors (Lipinski definition) is 3.